The number of hydrogen-bond donors (Lipinski definition) is 1. The summed E-state index contributed by atoms with van der Waals surface area (Å²) in [6.07, 6.45) is 2.05. The zero-order valence-corrected chi connectivity index (χ0v) is 13.9. The molecule has 0 unspecified atom stereocenters. The van der Waals surface area contributed by atoms with E-state index in [1.54, 1.807) is 18.4 Å². The van der Waals surface area contributed by atoms with Crippen LogP contribution in [0, 0.1) is 6.92 Å². The highest BCUT2D eigenvalue weighted by Crippen LogP contribution is 2.22. The van der Waals surface area contributed by atoms with Crippen LogP contribution in [0.25, 0.3) is 0 Å². The van der Waals surface area contributed by atoms with Crippen LogP contribution in [0.3, 0.4) is 0 Å². The van der Waals surface area contributed by atoms with Gasteiger partial charge in [-0.15, -0.1) is 11.3 Å². The molecule has 2 aromatic rings. The second-order valence-electron chi connectivity index (χ2n) is 5.25. The molecule has 4 heteroatoms. The minimum atomic E-state index is 0.591. The third-order valence-corrected chi connectivity index (χ3v) is 4.35. The van der Waals surface area contributed by atoms with E-state index in [-0.39, 0.29) is 0 Å². The summed E-state index contributed by atoms with van der Waals surface area (Å²) in [5.74, 6) is 0. The molecule has 0 atom stereocenters. The van der Waals surface area contributed by atoms with Crippen LogP contribution in [0.15, 0.2) is 24.3 Å². The van der Waals surface area contributed by atoms with E-state index in [0.29, 0.717) is 6.61 Å². The summed E-state index contributed by atoms with van der Waals surface area (Å²) in [6.45, 7) is 6.82. The van der Waals surface area contributed by atoms with Crippen LogP contribution in [0.1, 0.15) is 40.1 Å². The molecular weight excluding hydrogens is 280 g/mol. The molecule has 0 amide bonds. The summed E-state index contributed by atoms with van der Waals surface area (Å²) in [7, 11) is 1.73. The van der Waals surface area contributed by atoms with Crippen molar-refractivity contribution in [2.75, 3.05) is 13.7 Å². The molecule has 1 heterocycles. The van der Waals surface area contributed by atoms with Crippen molar-refractivity contribution in [3.63, 3.8) is 0 Å². The lowest BCUT2D eigenvalue weighted by molar-refractivity contribution is 0.181. The predicted octanol–water partition coefficient (Wildman–Crippen LogP) is 3.69. The third kappa shape index (κ3) is 4.92. The van der Waals surface area contributed by atoms with E-state index >= 15 is 0 Å². The van der Waals surface area contributed by atoms with Crippen molar-refractivity contribution in [3.05, 3.63) is 51.0 Å². The second kappa shape index (κ2) is 8.27. The Bertz CT molecular complexity index is 566. The highest BCUT2D eigenvalue weighted by atomic mass is 32.1. The number of hydrogen-bond acceptors (Lipinski definition) is 4. The first-order chi connectivity index (χ1) is 10.2. The molecule has 1 aromatic heterocycles. The second-order valence-corrected chi connectivity index (χ2v) is 6.42. The molecule has 1 N–H and O–H groups in total. The molecule has 0 aliphatic carbocycles. The molecule has 0 aliphatic heterocycles. The van der Waals surface area contributed by atoms with Crippen molar-refractivity contribution in [1.82, 2.24) is 10.3 Å². The normalized spacial score (nSPS) is 11.0. The molecule has 0 spiro atoms. The van der Waals surface area contributed by atoms with Gasteiger partial charge in [-0.2, -0.15) is 0 Å². The number of rotatable bonds is 8. The van der Waals surface area contributed by atoms with Gasteiger partial charge in [-0.3, -0.25) is 0 Å². The lowest BCUT2D eigenvalue weighted by atomic mass is 10.1. The Labute approximate surface area is 131 Å². The Kier molecular flexibility index (Phi) is 6.36. The van der Waals surface area contributed by atoms with E-state index in [1.807, 2.05) is 0 Å². The van der Waals surface area contributed by atoms with Gasteiger partial charge in [-0.1, -0.05) is 36.8 Å². The van der Waals surface area contributed by atoms with E-state index < -0.39 is 0 Å². The SMILES string of the molecule is CCCNCc1sc(Cc2cccc(C)c2)nc1COC. The van der Waals surface area contributed by atoms with Crippen LogP contribution < -0.4 is 5.32 Å². The van der Waals surface area contributed by atoms with Crippen LogP contribution in [-0.4, -0.2) is 18.6 Å². The molecule has 3 nitrogen and oxygen atoms in total. The minimum absolute atomic E-state index is 0.591. The number of nitrogens with zero attached hydrogens (tertiary/aromatic N) is 1. The Morgan fingerprint density at radius 1 is 1.33 bits per heavy atom. The Morgan fingerprint density at radius 3 is 2.90 bits per heavy atom. The number of methoxy groups -OCH3 is 1. The molecule has 2 rings (SSSR count). The van der Waals surface area contributed by atoms with Crippen molar-refractivity contribution >= 4 is 11.3 Å². The zero-order valence-electron chi connectivity index (χ0n) is 13.1. The fraction of sp³-hybridized carbons (Fsp3) is 0.471. The van der Waals surface area contributed by atoms with Crippen molar-refractivity contribution in [1.29, 1.82) is 0 Å². The number of nitrogens with one attached hydrogen (secondary N) is 1. The van der Waals surface area contributed by atoms with Crippen molar-refractivity contribution < 1.29 is 4.74 Å². The van der Waals surface area contributed by atoms with Crippen LogP contribution >= 0.6 is 11.3 Å². The average molecular weight is 304 g/mol. The molecule has 0 bridgehead atoms. The van der Waals surface area contributed by atoms with Gasteiger partial charge in [0.2, 0.25) is 0 Å². The van der Waals surface area contributed by atoms with E-state index in [1.165, 1.54) is 21.0 Å². The highest BCUT2D eigenvalue weighted by Gasteiger charge is 2.11. The van der Waals surface area contributed by atoms with Gasteiger partial charge in [-0.05, 0) is 25.5 Å². The van der Waals surface area contributed by atoms with Gasteiger partial charge in [0.05, 0.1) is 17.3 Å². The summed E-state index contributed by atoms with van der Waals surface area (Å²) < 4.78 is 5.27. The maximum Gasteiger partial charge on any atom is 0.0976 e. The Morgan fingerprint density at radius 2 is 2.19 bits per heavy atom. The van der Waals surface area contributed by atoms with Gasteiger partial charge < -0.3 is 10.1 Å². The van der Waals surface area contributed by atoms with E-state index in [0.717, 1.165) is 31.6 Å². The van der Waals surface area contributed by atoms with Gasteiger partial charge in [-0.25, -0.2) is 4.98 Å². The van der Waals surface area contributed by atoms with E-state index in [4.69, 9.17) is 9.72 Å². The van der Waals surface area contributed by atoms with Crippen LogP contribution in [-0.2, 0) is 24.3 Å². The summed E-state index contributed by atoms with van der Waals surface area (Å²) >= 11 is 1.80. The standard InChI is InChI=1S/C17H24N2OS/c1-4-8-18-11-16-15(12-20-3)19-17(21-16)10-14-7-5-6-13(2)9-14/h5-7,9,18H,4,8,10-12H2,1-3H3. The highest BCUT2D eigenvalue weighted by molar-refractivity contribution is 7.11. The Hall–Kier alpha value is -1.23. The lowest BCUT2D eigenvalue weighted by Crippen LogP contribution is -2.14. The summed E-state index contributed by atoms with van der Waals surface area (Å²) in [5, 5.41) is 4.62. The summed E-state index contributed by atoms with van der Waals surface area (Å²) in [5.41, 5.74) is 3.69. The molecule has 0 saturated carbocycles. The van der Waals surface area contributed by atoms with Gasteiger partial charge >= 0.3 is 0 Å². The third-order valence-electron chi connectivity index (χ3n) is 3.25. The number of thiazole rings is 1. The topological polar surface area (TPSA) is 34.2 Å². The first kappa shape index (κ1) is 16.1. The quantitative estimate of drug-likeness (QED) is 0.755. The largest absolute Gasteiger partial charge is 0.378 e. The maximum atomic E-state index is 5.27. The smallest absolute Gasteiger partial charge is 0.0976 e. The fourth-order valence-corrected chi connectivity index (χ4v) is 3.35. The van der Waals surface area contributed by atoms with Gasteiger partial charge in [0.15, 0.2) is 0 Å². The average Bonchev–Trinajstić information content (AvgIpc) is 2.81. The maximum absolute atomic E-state index is 5.27. The van der Waals surface area contributed by atoms with E-state index in [2.05, 4.69) is 43.4 Å². The number of aryl methyl sites for hydroxylation is 1. The molecule has 0 radical (unpaired) electrons. The monoisotopic (exact) mass is 304 g/mol. The Balaban J connectivity index is 2.10. The minimum Gasteiger partial charge on any atom is -0.378 e. The predicted molar refractivity (Wildman–Crippen MR) is 88.8 cm³/mol. The fourth-order valence-electron chi connectivity index (χ4n) is 2.28. The molecule has 114 valence electrons. The number of ether oxygens (including phenoxy) is 1. The van der Waals surface area contributed by atoms with Crippen LogP contribution in [0.5, 0.6) is 0 Å². The zero-order chi connectivity index (χ0) is 15.1. The summed E-state index contributed by atoms with van der Waals surface area (Å²) in [4.78, 5) is 6.06. The van der Waals surface area contributed by atoms with Gasteiger partial charge in [0, 0.05) is 25.0 Å². The van der Waals surface area contributed by atoms with E-state index in [9.17, 15) is 0 Å². The van der Waals surface area contributed by atoms with Crippen LogP contribution in [0.4, 0.5) is 0 Å². The molecule has 0 saturated heterocycles. The number of aromatic nitrogens is 1. The molecule has 1 aromatic carbocycles. The summed E-state index contributed by atoms with van der Waals surface area (Å²) in [6, 6.07) is 8.63. The first-order valence-corrected chi connectivity index (χ1v) is 8.27. The van der Waals surface area contributed by atoms with Crippen molar-refractivity contribution in [2.24, 2.45) is 0 Å². The van der Waals surface area contributed by atoms with Crippen molar-refractivity contribution in [2.45, 2.75) is 39.8 Å². The van der Waals surface area contributed by atoms with Gasteiger partial charge in [0.25, 0.3) is 0 Å². The van der Waals surface area contributed by atoms with Gasteiger partial charge in [0.1, 0.15) is 0 Å². The molecular formula is C17H24N2OS. The first-order valence-electron chi connectivity index (χ1n) is 7.45. The number of benzene rings is 1. The molecule has 21 heavy (non-hydrogen) atoms. The molecule has 0 fully saturated rings. The lowest BCUT2D eigenvalue weighted by Gasteiger charge is -2.02. The van der Waals surface area contributed by atoms with Crippen LogP contribution in [0.2, 0.25) is 0 Å². The van der Waals surface area contributed by atoms with Crippen molar-refractivity contribution in [3.8, 4) is 0 Å². The molecule has 0 aliphatic rings.